The van der Waals surface area contributed by atoms with Crippen molar-refractivity contribution >= 4 is 35.3 Å². The Bertz CT molecular complexity index is 846. The number of carbonyl (C=O) groups excluding carboxylic acids is 5. The summed E-state index contributed by atoms with van der Waals surface area (Å²) >= 11 is 0. The number of nitrogens with one attached hydrogen (secondary N) is 2. The minimum absolute atomic E-state index is 0.0285. The first-order valence-corrected chi connectivity index (χ1v) is 12.0. The highest BCUT2D eigenvalue weighted by Gasteiger charge is 2.37. The third-order valence-corrected chi connectivity index (χ3v) is 6.09. The van der Waals surface area contributed by atoms with E-state index in [0.717, 1.165) is 0 Å². The second-order valence-corrected chi connectivity index (χ2v) is 9.33. The topological polar surface area (TPSA) is 150 Å². The molecule has 1 rings (SSSR count). The number of carbonyl (C=O) groups is 6. The number of carboxylic acid groups (broad SMARTS) is 1. The van der Waals surface area contributed by atoms with Crippen molar-refractivity contribution in [3.05, 3.63) is 0 Å². The van der Waals surface area contributed by atoms with Crippen LogP contribution in [0.1, 0.15) is 65.7 Å². The van der Waals surface area contributed by atoms with Gasteiger partial charge in [-0.1, -0.05) is 26.7 Å². The third-order valence-electron chi connectivity index (χ3n) is 6.09. The fourth-order valence-electron chi connectivity index (χ4n) is 4.13. The zero-order valence-corrected chi connectivity index (χ0v) is 20.8. The van der Waals surface area contributed by atoms with Gasteiger partial charge in [-0.2, -0.15) is 0 Å². The quantitative estimate of drug-likeness (QED) is 0.288. The lowest BCUT2D eigenvalue weighted by atomic mass is 9.88. The van der Waals surface area contributed by atoms with Crippen molar-refractivity contribution in [1.82, 2.24) is 15.5 Å². The van der Waals surface area contributed by atoms with Crippen LogP contribution in [0.5, 0.6) is 0 Å². The van der Waals surface area contributed by atoms with Crippen molar-refractivity contribution in [1.29, 1.82) is 0 Å². The zero-order chi connectivity index (χ0) is 26.5. The summed E-state index contributed by atoms with van der Waals surface area (Å²) < 4.78 is 0. The van der Waals surface area contributed by atoms with Crippen LogP contribution in [0.3, 0.4) is 0 Å². The summed E-state index contributed by atoms with van der Waals surface area (Å²) in [5.74, 6) is -1.39. The number of aliphatic carboxylic acids is 1. The summed E-state index contributed by atoms with van der Waals surface area (Å²) in [5.41, 5.74) is 0. The Kier molecular flexibility index (Phi) is 12.7. The predicted octanol–water partition coefficient (Wildman–Crippen LogP) is 0.925. The predicted molar refractivity (Wildman–Crippen MR) is 128 cm³/mol. The Hall–Kier alpha value is -3.22. The van der Waals surface area contributed by atoms with E-state index in [0.29, 0.717) is 38.6 Å². The maximum Gasteiger partial charge on any atom is 0.322 e. The molecule has 0 aromatic rings. The van der Waals surface area contributed by atoms with Crippen LogP contribution < -0.4 is 10.6 Å². The van der Waals surface area contributed by atoms with Crippen molar-refractivity contribution < 1.29 is 33.9 Å². The lowest BCUT2D eigenvalue weighted by molar-refractivity contribution is -0.143. The fourth-order valence-corrected chi connectivity index (χ4v) is 4.13. The van der Waals surface area contributed by atoms with Crippen LogP contribution in [0.25, 0.3) is 0 Å². The third kappa shape index (κ3) is 10.3. The van der Waals surface area contributed by atoms with Crippen LogP contribution in [-0.2, 0) is 28.8 Å². The molecule has 3 amide bonds. The van der Waals surface area contributed by atoms with Gasteiger partial charge in [-0.25, -0.2) is 0 Å². The number of carboxylic acids is 1. The van der Waals surface area contributed by atoms with E-state index in [1.54, 1.807) is 4.90 Å². The van der Waals surface area contributed by atoms with E-state index in [9.17, 15) is 28.8 Å². The molecule has 0 aromatic heterocycles. The minimum Gasteiger partial charge on any atom is -0.480 e. The van der Waals surface area contributed by atoms with Gasteiger partial charge < -0.3 is 20.6 Å². The molecule has 0 radical (unpaired) electrons. The SMILES string of the molecule is C#CCC(=O)CCC[C@H](C(=O)N1CCC[C@H]1C(=O)NCC(=O)C[C@@H](C)C(=O)NCC(=O)O)C(C)C. The zero-order valence-electron chi connectivity index (χ0n) is 20.8. The maximum absolute atomic E-state index is 13.2. The standard InChI is InChI=1S/C25H37N3O7/c1-5-8-18(29)9-6-10-20(16(2)3)25(35)28-12-7-11-21(28)24(34)26-14-19(30)13-17(4)23(33)27-15-22(31)32/h1,16-17,20-21H,6-15H2,2-4H3,(H,26,34)(H,27,33)(H,31,32)/t17-,20+,21+/m1/s1. The van der Waals surface area contributed by atoms with Gasteiger partial charge in [-0.15, -0.1) is 6.42 Å². The van der Waals surface area contributed by atoms with E-state index in [-0.39, 0.29) is 48.7 Å². The number of amides is 3. The molecule has 0 aliphatic carbocycles. The van der Waals surface area contributed by atoms with E-state index in [1.165, 1.54) is 6.92 Å². The average molecular weight is 492 g/mol. The molecule has 10 heteroatoms. The van der Waals surface area contributed by atoms with Gasteiger partial charge in [-0.05, 0) is 31.6 Å². The maximum atomic E-state index is 13.2. The van der Waals surface area contributed by atoms with Gasteiger partial charge in [-0.3, -0.25) is 28.8 Å². The fraction of sp³-hybridized carbons (Fsp3) is 0.680. The van der Waals surface area contributed by atoms with Gasteiger partial charge in [0, 0.05) is 31.2 Å². The first kappa shape index (κ1) is 29.8. The summed E-state index contributed by atoms with van der Waals surface area (Å²) in [4.78, 5) is 73.8. The highest BCUT2D eigenvalue weighted by atomic mass is 16.4. The molecule has 1 aliphatic rings. The Morgan fingerprint density at radius 2 is 1.74 bits per heavy atom. The smallest absolute Gasteiger partial charge is 0.322 e. The highest BCUT2D eigenvalue weighted by Crippen LogP contribution is 2.26. The molecule has 1 saturated heterocycles. The van der Waals surface area contributed by atoms with Crippen molar-refractivity contribution in [3.63, 3.8) is 0 Å². The number of hydrogen-bond acceptors (Lipinski definition) is 6. The van der Waals surface area contributed by atoms with Crippen molar-refractivity contribution in [2.45, 2.75) is 71.8 Å². The van der Waals surface area contributed by atoms with Gasteiger partial charge >= 0.3 is 5.97 Å². The Morgan fingerprint density at radius 1 is 1.06 bits per heavy atom. The van der Waals surface area contributed by atoms with E-state index in [2.05, 4.69) is 16.6 Å². The summed E-state index contributed by atoms with van der Waals surface area (Å²) in [6, 6.07) is -0.670. The molecule has 0 spiro atoms. The number of Topliss-reactive ketones (excluding diaryl/α,β-unsaturated/α-hetero) is 2. The number of nitrogens with zero attached hydrogens (tertiary/aromatic N) is 1. The summed E-state index contributed by atoms with van der Waals surface area (Å²) in [5, 5.41) is 13.4. The Balaban J connectivity index is 2.61. The van der Waals surface area contributed by atoms with E-state index in [1.807, 2.05) is 13.8 Å². The summed E-state index contributed by atoms with van der Waals surface area (Å²) in [6.07, 6.45) is 7.65. The van der Waals surface area contributed by atoms with Crippen LogP contribution in [-0.4, -0.2) is 70.9 Å². The Morgan fingerprint density at radius 3 is 2.34 bits per heavy atom. The lowest BCUT2D eigenvalue weighted by Crippen LogP contribution is -2.49. The largest absolute Gasteiger partial charge is 0.480 e. The number of rotatable bonds is 15. The normalized spacial score (nSPS) is 16.8. The van der Waals surface area contributed by atoms with E-state index >= 15 is 0 Å². The molecular formula is C25H37N3O7. The highest BCUT2D eigenvalue weighted by molar-refractivity contribution is 5.93. The molecule has 1 fully saturated rings. The van der Waals surface area contributed by atoms with Gasteiger partial charge in [0.05, 0.1) is 13.0 Å². The molecule has 0 aromatic carbocycles. The van der Waals surface area contributed by atoms with Crippen LogP contribution in [0.4, 0.5) is 0 Å². The molecule has 0 bridgehead atoms. The number of hydrogen-bond donors (Lipinski definition) is 3. The molecule has 10 nitrogen and oxygen atoms in total. The molecule has 0 unspecified atom stereocenters. The van der Waals surface area contributed by atoms with Crippen LogP contribution in [0.2, 0.25) is 0 Å². The molecule has 1 aliphatic heterocycles. The summed E-state index contributed by atoms with van der Waals surface area (Å²) in [6.45, 7) is 5.01. The molecule has 194 valence electrons. The summed E-state index contributed by atoms with van der Waals surface area (Å²) in [7, 11) is 0. The lowest BCUT2D eigenvalue weighted by Gasteiger charge is -2.30. The van der Waals surface area contributed by atoms with E-state index < -0.39 is 36.3 Å². The van der Waals surface area contributed by atoms with Crippen molar-refractivity contribution in [3.8, 4) is 12.3 Å². The number of likely N-dealkylation sites (tertiary alicyclic amines) is 1. The molecule has 35 heavy (non-hydrogen) atoms. The van der Waals surface area contributed by atoms with Gasteiger partial charge in [0.15, 0.2) is 5.78 Å². The number of ketones is 2. The minimum atomic E-state index is -1.18. The first-order chi connectivity index (χ1) is 16.5. The van der Waals surface area contributed by atoms with Crippen LogP contribution in [0, 0.1) is 30.1 Å². The second-order valence-electron chi connectivity index (χ2n) is 9.33. The molecule has 3 N–H and O–H groups in total. The first-order valence-electron chi connectivity index (χ1n) is 12.0. The average Bonchev–Trinajstić information content (AvgIpc) is 3.28. The van der Waals surface area contributed by atoms with Crippen molar-refractivity contribution in [2.24, 2.45) is 17.8 Å². The monoisotopic (exact) mass is 491 g/mol. The van der Waals surface area contributed by atoms with Gasteiger partial charge in [0.2, 0.25) is 17.7 Å². The Labute approximate surface area is 206 Å². The molecule has 1 heterocycles. The second kappa shape index (κ2) is 14.9. The van der Waals surface area contributed by atoms with Crippen LogP contribution >= 0.6 is 0 Å². The molecule has 3 atom stereocenters. The van der Waals surface area contributed by atoms with Crippen molar-refractivity contribution in [2.75, 3.05) is 19.6 Å². The molecule has 0 saturated carbocycles. The van der Waals surface area contributed by atoms with Gasteiger partial charge in [0.25, 0.3) is 0 Å². The molecular weight excluding hydrogens is 454 g/mol. The van der Waals surface area contributed by atoms with Gasteiger partial charge in [0.1, 0.15) is 18.4 Å². The number of terminal acetylenes is 1. The van der Waals surface area contributed by atoms with E-state index in [4.69, 9.17) is 11.5 Å². The van der Waals surface area contributed by atoms with Crippen LogP contribution in [0.15, 0.2) is 0 Å².